The summed E-state index contributed by atoms with van der Waals surface area (Å²) >= 11 is 0. The second-order valence-electron chi connectivity index (χ2n) is 13.7. The van der Waals surface area contributed by atoms with E-state index in [1.54, 1.807) is 43.0 Å². The number of hydrogen-bond donors (Lipinski definition) is 3. The van der Waals surface area contributed by atoms with E-state index < -0.39 is 23.7 Å². The summed E-state index contributed by atoms with van der Waals surface area (Å²) in [6.45, 7) is 5.03. The fourth-order valence-corrected chi connectivity index (χ4v) is 6.76. The van der Waals surface area contributed by atoms with Crippen LogP contribution >= 0.6 is 0 Å². The molecule has 2 heterocycles. The van der Waals surface area contributed by atoms with Crippen molar-refractivity contribution >= 4 is 23.5 Å². The molecule has 0 saturated carbocycles. The van der Waals surface area contributed by atoms with E-state index >= 15 is 0 Å². The van der Waals surface area contributed by atoms with Crippen LogP contribution in [0.1, 0.15) is 68.4 Å². The smallest absolute Gasteiger partial charge is 0.326 e. The van der Waals surface area contributed by atoms with Crippen LogP contribution in [0.2, 0.25) is 0 Å². The van der Waals surface area contributed by atoms with Crippen LogP contribution in [0.15, 0.2) is 72.8 Å². The zero-order valence-electron chi connectivity index (χ0n) is 28.1. The van der Waals surface area contributed by atoms with Crippen molar-refractivity contribution in [3.05, 3.63) is 101 Å². The Kier molecular flexibility index (Phi) is 11.5. The molecule has 9 nitrogen and oxygen atoms in total. The van der Waals surface area contributed by atoms with Gasteiger partial charge in [0.2, 0.25) is 11.8 Å². The van der Waals surface area contributed by atoms with Crippen LogP contribution in [-0.2, 0) is 25.5 Å². The van der Waals surface area contributed by atoms with Crippen LogP contribution in [0.4, 0.5) is 14.5 Å². The number of amides is 2. The van der Waals surface area contributed by atoms with Crippen LogP contribution in [0.25, 0.3) is 0 Å². The summed E-state index contributed by atoms with van der Waals surface area (Å²) in [4.78, 5) is 41.6. The average Bonchev–Trinajstić information content (AvgIpc) is 3.05. The predicted octanol–water partition coefficient (Wildman–Crippen LogP) is 5.43. The van der Waals surface area contributed by atoms with Gasteiger partial charge < -0.3 is 25.2 Å². The number of aliphatic hydroxyl groups excluding tert-OH is 1. The third-order valence-corrected chi connectivity index (χ3v) is 9.89. The van der Waals surface area contributed by atoms with E-state index in [0.29, 0.717) is 43.9 Å². The van der Waals surface area contributed by atoms with Gasteiger partial charge in [-0.05, 0) is 98.3 Å². The van der Waals surface area contributed by atoms with Gasteiger partial charge in [-0.1, -0.05) is 50.2 Å². The molecule has 0 bridgehead atoms. The van der Waals surface area contributed by atoms with Crippen molar-refractivity contribution in [3.8, 4) is 0 Å². The number of β-lactam (4-membered cyclic amide) rings is 1. The Labute approximate surface area is 285 Å². The Morgan fingerprint density at radius 1 is 1.00 bits per heavy atom. The Bertz CT molecular complexity index is 1600. The first-order chi connectivity index (χ1) is 23.4. The van der Waals surface area contributed by atoms with Crippen LogP contribution < -0.4 is 10.2 Å². The average molecular weight is 678 g/mol. The monoisotopic (exact) mass is 677 g/mol. The molecule has 2 saturated heterocycles. The minimum absolute atomic E-state index is 0.0969. The van der Waals surface area contributed by atoms with E-state index in [4.69, 9.17) is 4.74 Å². The van der Waals surface area contributed by atoms with Crippen molar-refractivity contribution in [3.63, 3.8) is 0 Å². The summed E-state index contributed by atoms with van der Waals surface area (Å²) < 4.78 is 32.6. The molecular weight excluding hydrogens is 632 g/mol. The number of carboxylic acids is 1. The molecule has 2 aliphatic heterocycles. The molecule has 3 aromatic rings. The minimum Gasteiger partial charge on any atom is -0.480 e. The minimum atomic E-state index is -1.05. The number of hydrogen-bond acceptors (Lipinski definition) is 6. The molecule has 49 heavy (non-hydrogen) atoms. The van der Waals surface area contributed by atoms with Crippen molar-refractivity contribution in [1.82, 2.24) is 10.2 Å². The number of carbonyl (C=O) groups is 3. The van der Waals surface area contributed by atoms with E-state index in [2.05, 4.69) is 10.2 Å². The third-order valence-electron chi connectivity index (χ3n) is 9.89. The number of aryl methyl sites for hydroxylation is 1. The number of rotatable bonds is 16. The van der Waals surface area contributed by atoms with Gasteiger partial charge in [0.05, 0.1) is 36.8 Å². The van der Waals surface area contributed by atoms with Crippen LogP contribution in [0, 0.1) is 23.5 Å². The standard InChI is InChI=1S/C38H45F2N3O6/c1-24(2)34(37(47)48)41-33(45)21-38(22-49-23-38)42(3)20-4-5-25-6-8-27(9-7-25)35-31(18-19-32(44)26-10-12-28(39)13-11-26)36(46)43(35)30-16-14-29(40)15-17-30/h6-17,24,31-32,34-35,44H,4-5,18-23H2,1-3H3,(H,41,45)(H,47,48)/t31-,32?,34-,35?/m1/s1. The molecule has 2 amide bonds. The number of halogens is 2. The quantitative estimate of drug-likeness (QED) is 0.173. The van der Waals surface area contributed by atoms with E-state index in [-0.39, 0.29) is 47.7 Å². The van der Waals surface area contributed by atoms with Crippen LogP contribution in [0.5, 0.6) is 0 Å². The van der Waals surface area contributed by atoms with Crippen LogP contribution in [-0.4, -0.2) is 71.3 Å². The highest BCUT2D eigenvalue weighted by molar-refractivity contribution is 6.03. The summed E-state index contributed by atoms with van der Waals surface area (Å²) in [5.41, 5.74) is 2.76. The number of anilines is 1. The topological polar surface area (TPSA) is 119 Å². The predicted molar refractivity (Wildman–Crippen MR) is 181 cm³/mol. The van der Waals surface area contributed by atoms with Gasteiger partial charge in [0.15, 0.2) is 0 Å². The molecule has 3 N–H and O–H groups in total. The Morgan fingerprint density at radius 3 is 2.16 bits per heavy atom. The number of nitrogens with zero attached hydrogens (tertiary/aromatic N) is 2. The number of carbonyl (C=O) groups excluding carboxylic acids is 2. The molecule has 5 rings (SSSR count). The number of carboxylic acid groups (broad SMARTS) is 1. The fraction of sp³-hybridized carbons (Fsp3) is 0.447. The lowest BCUT2D eigenvalue weighted by Crippen LogP contribution is -2.63. The number of aliphatic carboxylic acids is 1. The Hall–Kier alpha value is -4.19. The lowest BCUT2D eigenvalue weighted by atomic mass is 9.78. The van der Waals surface area contributed by atoms with Crippen LogP contribution in [0.3, 0.4) is 0 Å². The second kappa shape index (κ2) is 15.6. The first kappa shape index (κ1) is 36.1. The molecule has 3 aromatic carbocycles. The van der Waals surface area contributed by atoms with E-state index in [1.807, 2.05) is 31.3 Å². The maximum Gasteiger partial charge on any atom is 0.326 e. The molecule has 0 radical (unpaired) electrons. The molecule has 2 unspecified atom stereocenters. The SMILES string of the molecule is CC(C)[C@@H](NC(=O)CC1(N(C)CCCc2ccc(C3[C@@H](CCC(O)c4ccc(F)cc4)C(=O)N3c3ccc(F)cc3)cc2)COC1)C(=O)O. The van der Waals surface area contributed by atoms with Crippen molar-refractivity contribution in [2.75, 3.05) is 31.7 Å². The van der Waals surface area contributed by atoms with Crippen molar-refractivity contribution in [1.29, 1.82) is 0 Å². The van der Waals surface area contributed by atoms with Gasteiger partial charge >= 0.3 is 5.97 Å². The summed E-state index contributed by atoms with van der Waals surface area (Å²) in [5.74, 6) is -2.85. The number of nitrogens with one attached hydrogen (secondary N) is 1. The normalized spacial score (nSPS) is 19.7. The van der Waals surface area contributed by atoms with Crippen molar-refractivity contribution in [2.45, 2.75) is 69.7 Å². The third kappa shape index (κ3) is 8.34. The Balaban J connectivity index is 1.20. The summed E-state index contributed by atoms with van der Waals surface area (Å²) in [7, 11) is 1.96. The number of likely N-dealkylation sites (N-methyl/N-ethyl adjacent to an activating group) is 1. The maximum atomic E-state index is 13.7. The lowest BCUT2D eigenvalue weighted by Gasteiger charge is -2.48. The molecule has 2 fully saturated rings. The molecule has 0 spiro atoms. The van der Waals surface area contributed by atoms with Crippen molar-refractivity contribution < 1.29 is 38.1 Å². The zero-order valence-corrected chi connectivity index (χ0v) is 28.1. The fourth-order valence-electron chi connectivity index (χ4n) is 6.76. The number of aliphatic hydroxyl groups is 1. The van der Waals surface area contributed by atoms with Gasteiger partial charge in [0.1, 0.15) is 17.7 Å². The van der Waals surface area contributed by atoms with E-state index in [0.717, 1.165) is 24.0 Å². The summed E-state index contributed by atoms with van der Waals surface area (Å²) in [5, 5.41) is 22.8. The number of ether oxygens (including phenoxy) is 1. The molecule has 262 valence electrons. The molecule has 11 heteroatoms. The molecular formula is C38H45F2N3O6. The van der Waals surface area contributed by atoms with Gasteiger partial charge in [-0.25, -0.2) is 13.6 Å². The summed E-state index contributed by atoms with van der Waals surface area (Å²) in [6.07, 6.45) is 1.66. The highest BCUT2D eigenvalue weighted by Crippen LogP contribution is 2.46. The van der Waals surface area contributed by atoms with E-state index in [9.17, 15) is 33.4 Å². The molecule has 0 aromatic heterocycles. The largest absolute Gasteiger partial charge is 0.480 e. The highest BCUT2D eigenvalue weighted by atomic mass is 19.1. The molecule has 2 aliphatic rings. The second-order valence-corrected chi connectivity index (χ2v) is 13.7. The van der Waals surface area contributed by atoms with Gasteiger partial charge in [0, 0.05) is 12.1 Å². The van der Waals surface area contributed by atoms with Gasteiger partial charge in [-0.2, -0.15) is 0 Å². The first-order valence-corrected chi connectivity index (χ1v) is 16.8. The summed E-state index contributed by atoms with van der Waals surface area (Å²) in [6, 6.07) is 18.4. The van der Waals surface area contributed by atoms with Gasteiger partial charge in [0.25, 0.3) is 0 Å². The van der Waals surface area contributed by atoms with E-state index in [1.165, 1.54) is 24.3 Å². The highest BCUT2D eigenvalue weighted by Gasteiger charge is 2.48. The molecule has 4 atom stereocenters. The Morgan fingerprint density at radius 2 is 1.61 bits per heavy atom. The van der Waals surface area contributed by atoms with Gasteiger partial charge in [-0.15, -0.1) is 0 Å². The zero-order chi connectivity index (χ0) is 35.3. The first-order valence-electron chi connectivity index (χ1n) is 16.8. The lowest BCUT2D eigenvalue weighted by molar-refractivity contribution is -0.154. The van der Waals surface area contributed by atoms with Gasteiger partial charge in [-0.3, -0.25) is 14.5 Å². The molecule has 0 aliphatic carbocycles. The number of benzene rings is 3. The maximum absolute atomic E-state index is 13.7. The van der Waals surface area contributed by atoms with Crippen molar-refractivity contribution in [2.24, 2.45) is 11.8 Å².